The molecule has 110 valence electrons. The summed E-state index contributed by atoms with van der Waals surface area (Å²) in [6.07, 6.45) is 0.728. The number of nitrogens with one attached hydrogen (secondary N) is 2. The van der Waals surface area contributed by atoms with E-state index in [9.17, 15) is 4.79 Å². The molecule has 2 N–H and O–H groups in total. The summed E-state index contributed by atoms with van der Waals surface area (Å²) in [4.78, 5) is 11.9. The summed E-state index contributed by atoms with van der Waals surface area (Å²) in [5.41, 5.74) is 0. The maximum Gasteiger partial charge on any atom is 0.238 e. The van der Waals surface area contributed by atoms with Gasteiger partial charge < -0.3 is 10.1 Å². The molecule has 0 saturated carbocycles. The molecule has 2 unspecified atom stereocenters. The minimum Gasteiger partial charge on any atom is -0.487 e. The average molecular weight is 315 g/mol. The summed E-state index contributed by atoms with van der Waals surface area (Å²) in [7, 11) is 0. The fourth-order valence-electron chi connectivity index (χ4n) is 1.89. The average Bonchev–Trinajstić information content (AvgIpc) is 2.99. The number of rotatable bonds is 6. The lowest BCUT2D eigenvalue weighted by Gasteiger charge is -2.20. The standard InChI is InChI=1S/C14H19ClN2O2S/c1-2-10(19-13-6-4-3-5-11(13)15)7-16-14(18)12-8-20-9-17-12/h3-6,10,12,17H,2,7-9H2,1H3,(H,16,18). The summed E-state index contributed by atoms with van der Waals surface area (Å²) in [5, 5.41) is 6.67. The van der Waals surface area contributed by atoms with Crippen molar-refractivity contribution in [3.8, 4) is 5.75 Å². The molecule has 1 aromatic carbocycles. The van der Waals surface area contributed by atoms with E-state index in [4.69, 9.17) is 16.3 Å². The Morgan fingerprint density at radius 3 is 3.05 bits per heavy atom. The number of hydrogen-bond acceptors (Lipinski definition) is 4. The van der Waals surface area contributed by atoms with Gasteiger partial charge in [0.15, 0.2) is 0 Å². The molecule has 1 fully saturated rings. The predicted molar refractivity (Wildman–Crippen MR) is 83.4 cm³/mol. The number of ether oxygens (including phenoxy) is 1. The smallest absolute Gasteiger partial charge is 0.238 e. The van der Waals surface area contributed by atoms with Crippen LogP contribution in [-0.4, -0.2) is 36.2 Å². The Kier molecular flexibility index (Phi) is 6.01. The lowest BCUT2D eigenvalue weighted by Crippen LogP contribution is -2.45. The maximum atomic E-state index is 11.9. The van der Waals surface area contributed by atoms with Gasteiger partial charge in [0.25, 0.3) is 0 Å². The van der Waals surface area contributed by atoms with E-state index in [0.717, 1.165) is 18.1 Å². The zero-order valence-electron chi connectivity index (χ0n) is 11.4. The first-order valence-corrected chi connectivity index (χ1v) is 8.24. The molecule has 1 heterocycles. The van der Waals surface area contributed by atoms with Gasteiger partial charge in [-0.15, -0.1) is 11.8 Å². The van der Waals surface area contributed by atoms with Crippen molar-refractivity contribution in [2.75, 3.05) is 18.2 Å². The van der Waals surface area contributed by atoms with Crippen LogP contribution in [0.5, 0.6) is 5.75 Å². The molecule has 1 aromatic rings. The van der Waals surface area contributed by atoms with Gasteiger partial charge in [0.2, 0.25) is 5.91 Å². The number of hydrogen-bond donors (Lipinski definition) is 2. The Labute approximate surface area is 128 Å². The molecule has 1 saturated heterocycles. The third-order valence-corrected chi connectivity index (χ3v) is 4.37. The Hall–Kier alpha value is -0.910. The molecule has 20 heavy (non-hydrogen) atoms. The van der Waals surface area contributed by atoms with Crippen LogP contribution in [0.25, 0.3) is 0 Å². The monoisotopic (exact) mass is 314 g/mol. The van der Waals surface area contributed by atoms with Crippen LogP contribution in [0, 0.1) is 0 Å². The van der Waals surface area contributed by atoms with Crippen molar-refractivity contribution in [2.24, 2.45) is 0 Å². The molecule has 1 amide bonds. The van der Waals surface area contributed by atoms with Crippen LogP contribution in [-0.2, 0) is 4.79 Å². The van der Waals surface area contributed by atoms with Crippen LogP contribution in [0.4, 0.5) is 0 Å². The van der Waals surface area contributed by atoms with Crippen molar-refractivity contribution in [3.05, 3.63) is 29.3 Å². The highest BCUT2D eigenvalue weighted by molar-refractivity contribution is 7.99. The maximum absolute atomic E-state index is 11.9. The van der Waals surface area contributed by atoms with Crippen LogP contribution in [0.1, 0.15) is 13.3 Å². The van der Waals surface area contributed by atoms with Crippen LogP contribution < -0.4 is 15.4 Å². The second kappa shape index (κ2) is 7.76. The molecule has 2 atom stereocenters. The van der Waals surface area contributed by atoms with Crippen LogP contribution in [0.15, 0.2) is 24.3 Å². The lowest BCUT2D eigenvalue weighted by molar-refractivity contribution is -0.122. The molecule has 6 heteroatoms. The molecule has 4 nitrogen and oxygen atoms in total. The molecule has 1 aliphatic rings. The normalized spacial score (nSPS) is 19.6. The Balaban J connectivity index is 1.83. The van der Waals surface area contributed by atoms with Gasteiger partial charge in [-0.1, -0.05) is 30.7 Å². The van der Waals surface area contributed by atoms with Gasteiger partial charge >= 0.3 is 0 Å². The summed E-state index contributed by atoms with van der Waals surface area (Å²) in [5.74, 6) is 2.36. The molecule has 0 radical (unpaired) electrons. The summed E-state index contributed by atoms with van der Waals surface area (Å²) in [6, 6.07) is 7.29. The Morgan fingerprint density at radius 2 is 2.40 bits per heavy atom. The molecule has 2 rings (SSSR count). The van der Waals surface area contributed by atoms with Gasteiger partial charge in [-0.25, -0.2) is 0 Å². The second-order valence-electron chi connectivity index (χ2n) is 4.60. The Morgan fingerprint density at radius 1 is 1.60 bits per heavy atom. The minimum atomic E-state index is -0.0854. The number of para-hydroxylation sites is 1. The van der Waals surface area contributed by atoms with Gasteiger partial charge in [-0.3, -0.25) is 10.1 Å². The van der Waals surface area contributed by atoms with E-state index >= 15 is 0 Å². The van der Waals surface area contributed by atoms with E-state index in [2.05, 4.69) is 10.6 Å². The molecule has 0 bridgehead atoms. The third-order valence-electron chi connectivity index (χ3n) is 3.12. The van der Waals surface area contributed by atoms with Gasteiger partial charge in [0.1, 0.15) is 11.9 Å². The highest BCUT2D eigenvalue weighted by Crippen LogP contribution is 2.24. The van der Waals surface area contributed by atoms with E-state index < -0.39 is 0 Å². The van der Waals surface area contributed by atoms with Gasteiger partial charge in [-0.2, -0.15) is 0 Å². The number of benzene rings is 1. The van der Waals surface area contributed by atoms with E-state index in [1.807, 2.05) is 25.1 Å². The third kappa shape index (κ3) is 4.30. The number of carbonyl (C=O) groups is 1. The number of thioether (sulfide) groups is 1. The zero-order valence-corrected chi connectivity index (χ0v) is 13.0. The summed E-state index contributed by atoms with van der Waals surface area (Å²) >= 11 is 7.80. The van der Waals surface area contributed by atoms with E-state index in [0.29, 0.717) is 17.3 Å². The number of carbonyl (C=O) groups excluding carboxylic acids is 1. The van der Waals surface area contributed by atoms with E-state index in [1.165, 1.54) is 0 Å². The predicted octanol–water partition coefficient (Wildman–Crippen LogP) is 2.28. The van der Waals surface area contributed by atoms with Crippen molar-refractivity contribution in [3.63, 3.8) is 0 Å². The van der Waals surface area contributed by atoms with E-state index in [-0.39, 0.29) is 18.1 Å². The Bertz CT molecular complexity index is 453. The van der Waals surface area contributed by atoms with Crippen LogP contribution in [0.2, 0.25) is 5.02 Å². The quantitative estimate of drug-likeness (QED) is 0.846. The van der Waals surface area contributed by atoms with Crippen LogP contribution in [0.3, 0.4) is 0 Å². The largest absolute Gasteiger partial charge is 0.487 e. The summed E-state index contributed by atoms with van der Waals surface area (Å²) < 4.78 is 5.84. The van der Waals surface area contributed by atoms with Crippen molar-refractivity contribution in [1.29, 1.82) is 0 Å². The molecule has 1 aliphatic heterocycles. The zero-order chi connectivity index (χ0) is 14.4. The molecule has 0 aromatic heterocycles. The molecule has 0 spiro atoms. The van der Waals surface area contributed by atoms with Crippen molar-refractivity contribution in [1.82, 2.24) is 10.6 Å². The van der Waals surface area contributed by atoms with Gasteiger partial charge in [-0.05, 0) is 18.6 Å². The number of halogens is 1. The molecule has 0 aliphatic carbocycles. The van der Waals surface area contributed by atoms with Crippen molar-refractivity contribution >= 4 is 29.3 Å². The van der Waals surface area contributed by atoms with Crippen LogP contribution >= 0.6 is 23.4 Å². The van der Waals surface area contributed by atoms with Gasteiger partial charge in [0, 0.05) is 11.6 Å². The second-order valence-corrected chi connectivity index (χ2v) is 6.03. The fraction of sp³-hybridized carbons (Fsp3) is 0.500. The lowest BCUT2D eigenvalue weighted by atomic mass is 10.2. The fourth-order valence-corrected chi connectivity index (χ4v) is 3.01. The topological polar surface area (TPSA) is 50.4 Å². The van der Waals surface area contributed by atoms with Crippen molar-refractivity contribution in [2.45, 2.75) is 25.5 Å². The number of amides is 1. The first kappa shape index (κ1) is 15.5. The first-order valence-electron chi connectivity index (χ1n) is 6.70. The van der Waals surface area contributed by atoms with E-state index in [1.54, 1.807) is 17.8 Å². The minimum absolute atomic E-state index is 0.0382. The molecular weight excluding hydrogens is 296 g/mol. The van der Waals surface area contributed by atoms with Gasteiger partial charge in [0.05, 0.1) is 17.6 Å². The summed E-state index contributed by atoms with van der Waals surface area (Å²) in [6.45, 7) is 2.51. The highest BCUT2D eigenvalue weighted by Gasteiger charge is 2.23. The SMILES string of the molecule is CCC(CNC(=O)C1CSCN1)Oc1ccccc1Cl. The van der Waals surface area contributed by atoms with Crippen molar-refractivity contribution < 1.29 is 9.53 Å². The highest BCUT2D eigenvalue weighted by atomic mass is 35.5. The molecular formula is C14H19ClN2O2S. The first-order chi connectivity index (χ1) is 9.70.